The molecule has 0 spiro atoms. The van der Waals surface area contributed by atoms with Crippen LogP contribution in [0.2, 0.25) is 0 Å². The van der Waals surface area contributed by atoms with Gasteiger partial charge < -0.3 is 10.6 Å². The molecule has 1 rings (SSSR count). The SMILES string of the molecule is CNC(=O)CCCNCC1CCCC1C. The molecule has 1 saturated carbocycles. The van der Waals surface area contributed by atoms with Crippen LogP contribution in [0.1, 0.15) is 39.0 Å². The van der Waals surface area contributed by atoms with Crippen LogP contribution in [0.4, 0.5) is 0 Å². The van der Waals surface area contributed by atoms with Gasteiger partial charge in [0, 0.05) is 13.5 Å². The lowest BCUT2D eigenvalue weighted by Gasteiger charge is -2.15. The maximum Gasteiger partial charge on any atom is 0.219 e. The zero-order valence-corrected chi connectivity index (χ0v) is 10.0. The molecule has 15 heavy (non-hydrogen) atoms. The molecule has 2 unspecified atom stereocenters. The number of amides is 1. The van der Waals surface area contributed by atoms with Crippen molar-refractivity contribution >= 4 is 5.91 Å². The molecule has 0 aromatic heterocycles. The molecule has 0 aliphatic heterocycles. The van der Waals surface area contributed by atoms with Gasteiger partial charge in [0.05, 0.1) is 0 Å². The van der Waals surface area contributed by atoms with E-state index < -0.39 is 0 Å². The maximum absolute atomic E-state index is 10.9. The van der Waals surface area contributed by atoms with Crippen molar-refractivity contribution in [2.45, 2.75) is 39.0 Å². The lowest BCUT2D eigenvalue weighted by atomic mass is 9.98. The van der Waals surface area contributed by atoms with Gasteiger partial charge in [-0.3, -0.25) is 4.79 Å². The van der Waals surface area contributed by atoms with E-state index in [2.05, 4.69) is 17.6 Å². The van der Waals surface area contributed by atoms with E-state index in [0.717, 1.165) is 31.3 Å². The van der Waals surface area contributed by atoms with Gasteiger partial charge in [-0.2, -0.15) is 0 Å². The normalized spacial score (nSPS) is 25.5. The molecule has 3 heteroatoms. The number of hydrogen-bond donors (Lipinski definition) is 2. The lowest BCUT2D eigenvalue weighted by molar-refractivity contribution is -0.120. The number of hydrogen-bond acceptors (Lipinski definition) is 2. The Labute approximate surface area is 93.0 Å². The highest BCUT2D eigenvalue weighted by Gasteiger charge is 2.22. The first-order valence-corrected chi connectivity index (χ1v) is 6.15. The summed E-state index contributed by atoms with van der Waals surface area (Å²) in [6.45, 7) is 4.45. The van der Waals surface area contributed by atoms with Gasteiger partial charge in [0.25, 0.3) is 0 Å². The van der Waals surface area contributed by atoms with Crippen LogP contribution in [0.15, 0.2) is 0 Å². The number of nitrogens with one attached hydrogen (secondary N) is 2. The third-order valence-electron chi connectivity index (χ3n) is 3.48. The van der Waals surface area contributed by atoms with Crippen LogP contribution < -0.4 is 10.6 Å². The van der Waals surface area contributed by atoms with Gasteiger partial charge >= 0.3 is 0 Å². The van der Waals surface area contributed by atoms with Crippen LogP contribution in [-0.2, 0) is 4.79 Å². The standard InChI is InChI=1S/C12H24N2O/c1-10-5-3-6-11(10)9-14-8-4-7-12(15)13-2/h10-11,14H,3-9H2,1-2H3,(H,13,15). The summed E-state index contributed by atoms with van der Waals surface area (Å²) in [4.78, 5) is 10.9. The van der Waals surface area contributed by atoms with E-state index in [1.807, 2.05) is 0 Å². The third kappa shape index (κ3) is 4.65. The van der Waals surface area contributed by atoms with Crippen molar-refractivity contribution in [3.63, 3.8) is 0 Å². The fourth-order valence-electron chi connectivity index (χ4n) is 2.31. The van der Waals surface area contributed by atoms with E-state index in [0.29, 0.717) is 6.42 Å². The van der Waals surface area contributed by atoms with Gasteiger partial charge in [0.15, 0.2) is 0 Å². The molecular weight excluding hydrogens is 188 g/mol. The summed E-state index contributed by atoms with van der Waals surface area (Å²) < 4.78 is 0. The summed E-state index contributed by atoms with van der Waals surface area (Å²) >= 11 is 0. The van der Waals surface area contributed by atoms with Gasteiger partial charge in [-0.15, -0.1) is 0 Å². The second kappa shape index (κ2) is 6.83. The Kier molecular flexibility index (Phi) is 5.69. The van der Waals surface area contributed by atoms with Crippen molar-refractivity contribution in [3.05, 3.63) is 0 Å². The molecule has 3 nitrogen and oxygen atoms in total. The summed E-state index contributed by atoms with van der Waals surface area (Å²) in [6.07, 6.45) is 5.75. The number of carbonyl (C=O) groups excluding carboxylic acids is 1. The van der Waals surface area contributed by atoms with Crippen LogP contribution in [0.3, 0.4) is 0 Å². The zero-order valence-electron chi connectivity index (χ0n) is 10.0. The highest BCUT2D eigenvalue weighted by molar-refractivity contribution is 5.75. The third-order valence-corrected chi connectivity index (χ3v) is 3.48. The van der Waals surface area contributed by atoms with Crippen LogP contribution in [0, 0.1) is 11.8 Å². The quantitative estimate of drug-likeness (QED) is 0.656. The molecule has 0 radical (unpaired) electrons. The molecule has 0 bridgehead atoms. The van der Waals surface area contributed by atoms with Crippen molar-refractivity contribution in [1.29, 1.82) is 0 Å². The Morgan fingerprint density at radius 1 is 1.40 bits per heavy atom. The van der Waals surface area contributed by atoms with Gasteiger partial charge in [0.2, 0.25) is 5.91 Å². The largest absolute Gasteiger partial charge is 0.359 e. The first-order chi connectivity index (χ1) is 7.24. The average molecular weight is 212 g/mol. The van der Waals surface area contributed by atoms with E-state index in [9.17, 15) is 4.79 Å². The van der Waals surface area contributed by atoms with Crippen LogP contribution in [0.25, 0.3) is 0 Å². The van der Waals surface area contributed by atoms with Gasteiger partial charge in [-0.25, -0.2) is 0 Å². The minimum atomic E-state index is 0.144. The summed E-state index contributed by atoms with van der Waals surface area (Å²) in [6, 6.07) is 0. The minimum Gasteiger partial charge on any atom is -0.359 e. The molecule has 0 aromatic carbocycles. The second-order valence-corrected chi connectivity index (χ2v) is 4.65. The van der Waals surface area contributed by atoms with Gasteiger partial charge in [-0.05, 0) is 37.8 Å². The van der Waals surface area contributed by atoms with Crippen molar-refractivity contribution in [1.82, 2.24) is 10.6 Å². The van der Waals surface area contributed by atoms with E-state index in [-0.39, 0.29) is 5.91 Å². The predicted octanol–water partition coefficient (Wildman–Crippen LogP) is 1.54. The molecule has 1 aliphatic carbocycles. The summed E-state index contributed by atoms with van der Waals surface area (Å²) in [7, 11) is 1.69. The smallest absolute Gasteiger partial charge is 0.219 e. The predicted molar refractivity (Wildman–Crippen MR) is 62.7 cm³/mol. The fourth-order valence-corrected chi connectivity index (χ4v) is 2.31. The molecule has 1 amide bonds. The first-order valence-electron chi connectivity index (χ1n) is 6.15. The number of carbonyl (C=O) groups is 1. The second-order valence-electron chi connectivity index (χ2n) is 4.65. The minimum absolute atomic E-state index is 0.144. The van der Waals surface area contributed by atoms with E-state index in [4.69, 9.17) is 0 Å². The highest BCUT2D eigenvalue weighted by atomic mass is 16.1. The monoisotopic (exact) mass is 212 g/mol. The summed E-state index contributed by atoms with van der Waals surface area (Å²) in [5, 5.41) is 6.09. The van der Waals surface area contributed by atoms with Crippen molar-refractivity contribution < 1.29 is 4.79 Å². The fraction of sp³-hybridized carbons (Fsp3) is 0.917. The van der Waals surface area contributed by atoms with Crippen molar-refractivity contribution in [2.75, 3.05) is 20.1 Å². The lowest BCUT2D eigenvalue weighted by Crippen LogP contribution is -2.26. The Bertz CT molecular complexity index is 194. The summed E-state index contributed by atoms with van der Waals surface area (Å²) in [5.74, 6) is 1.90. The Balaban J connectivity index is 1.95. The van der Waals surface area contributed by atoms with Crippen LogP contribution in [0.5, 0.6) is 0 Å². The van der Waals surface area contributed by atoms with Gasteiger partial charge in [0.1, 0.15) is 0 Å². The van der Waals surface area contributed by atoms with Crippen molar-refractivity contribution in [2.24, 2.45) is 11.8 Å². The summed E-state index contributed by atoms with van der Waals surface area (Å²) in [5.41, 5.74) is 0. The molecule has 1 aliphatic rings. The van der Waals surface area contributed by atoms with Crippen molar-refractivity contribution in [3.8, 4) is 0 Å². The van der Waals surface area contributed by atoms with E-state index in [1.165, 1.54) is 19.3 Å². The molecule has 0 saturated heterocycles. The highest BCUT2D eigenvalue weighted by Crippen LogP contribution is 2.30. The zero-order chi connectivity index (χ0) is 11.1. The van der Waals surface area contributed by atoms with Crippen LogP contribution in [-0.4, -0.2) is 26.0 Å². The molecule has 0 aromatic rings. The average Bonchev–Trinajstić information content (AvgIpc) is 2.63. The molecule has 88 valence electrons. The Hall–Kier alpha value is -0.570. The molecule has 0 heterocycles. The maximum atomic E-state index is 10.9. The Morgan fingerprint density at radius 2 is 2.20 bits per heavy atom. The molecule has 2 atom stereocenters. The number of rotatable bonds is 6. The van der Waals surface area contributed by atoms with E-state index >= 15 is 0 Å². The topological polar surface area (TPSA) is 41.1 Å². The molecule has 2 N–H and O–H groups in total. The molecule has 1 fully saturated rings. The van der Waals surface area contributed by atoms with Gasteiger partial charge in [-0.1, -0.05) is 19.8 Å². The molecular formula is C12H24N2O. The Morgan fingerprint density at radius 3 is 2.80 bits per heavy atom. The van der Waals surface area contributed by atoms with Crippen LogP contribution >= 0.6 is 0 Å². The first kappa shape index (κ1) is 12.5. The van der Waals surface area contributed by atoms with E-state index in [1.54, 1.807) is 7.05 Å².